The van der Waals surface area contributed by atoms with E-state index in [2.05, 4.69) is 62.8 Å². The van der Waals surface area contributed by atoms with E-state index in [0.29, 0.717) is 11.1 Å². The van der Waals surface area contributed by atoms with Crippen LogP contribution in [0.2, 0.25) is 5.02 Å². The zero-order valence-electron chi connectivity index (χ0n) is 16.7. The minimum absolute atomic E-state index is 0.318. The molecule has 1 saturated heterocycles. The summed E-state index contributed by atoms with van der Waals surface area (Å²) in [5, 5.41) is 8.87. The number of pyridine rings is 1. The highest BCUT2D eigenvalue weighted by atomic mass is 35.5. The molecule has 3 heterocycles. The van der Waals surface area contributed by atoms with Crippen LogP contribution in [0.5, 0.6) is 0 Å². The van der Waals surface area contributed by atoms with E-state index in [4.69, 9.17) is 16.6 Å². The highest BCUT2D eigenvalue weighted by molar-refractivity contribution is 6.32. The van der Waals surface area contributed by atoms with Crippen molar-refractivity contribution in [3.05, 3.63) is 59.4 Å². The predicted molar refractivity (Wildman–Crippen MR) is 121 cm³/mol. The molecule has 3 N–H and O–H groups in total. The summed E-state index contributed by atoms with van der Waals surface area (Å²) < 4.78 is 0. The number of benzene rings is 1. The quantitative estimate of drug-likeness (QED) is 0.429. The van der Waals surface area contributed by atoms with Gasteiger partial charge >= 0.3 is 0 Å². The van der Waals surface area contributed by atoms with Crippen LogP contribution < -0.4 is 15.5 Å². The van der Waals surface area contributed by atoms with Crippen molar-refractivity contribution in [3.63, 3.8) is 0 Å². The summed E-state index contributed by atoms with van der Waals surface area (Å²) >= 11 is 6.30. The van der Waals surface area contributed by atoms with E-state index in [1.807, 2.05) is 12.1 Å². The maximum atomic E-state index is 6.30. The Bertz CT molecular complexity index is 949. The summed E-state index contributed by atoms with van der Waals surface area (Å²) in [4.78, 5) is 14.9. The van der Waals surface area contributed by atoms with Gasteiger partial charge in [0.25, 0.3) is 0 Å². The van der Waals surface area contributed by atoms with Crippen LogP contribution in [0.4, 0.5) is 5.82 Å². The van der Waals surface area contributed by atoms with Crippen LogP contribution in [0.15, 0.2) is 53.7 Å². The minimum Gasteiger partial charge on any atom is -0.358 e. The van der Waals surface area contributed by atoms with Gasteiger partial charge < -0.3 is 20.5 Å². The Morgan fingerprint density at radius 1 is 1.31 bits per heavy atom. The number of aromatic amines is 1. The number of fused-ring (bicyclic) bond motifs is 1. The lowest BCUT2D eigenvalue weighted by molar-refractivity contribution is 0.648. The zero-order chi connectivity index (χ0) is 20.1. The molecule has 0 saturated carbocycles. The van der Waals surface area contributed by atoms with Gasteiger partial charge in [-0.2, -0.15) is 0 Å². The fourth-order valence-electron chi connectivity index (χ4n) is 3.75. The average molecular weight is 411 g/mol. The summed E-state index contributed by atoms with van der Waals surface area (Å²) in [6.07, 6.45) is 3.70. The van der Waals surface area contributed by atoms with Crippen molar-refractivity contribution in [2.75, 3.05) is 31.1 Å². The number of nitrogens with zero attached hydrogens (tertiary/aromatic N) is 3. The van der Waals surface area contributed by atoms with Gasteiger partial charge in [0.05, 0.1) is 5.02 Å². The molecule has 1 aliphatic heterocycles. The van der Waals surface area contributed by atoms with Crippen molar-refractivity contribution < 1.29 is 0 Å². The fraction of sp³-hybridized carbons (Fsp3) is 0.364. The van der Waals surface area contributed by atoms with E-state index >= 15 is 0 Å². The smallest absolute Gasteiger partial charge is 0.191 e. The van der Waals surface area contributed by atoms with E-state index in [0.717, 1.165) is 50.8 Å². The molecule has 4 rings (SSSR count). The lowest BCUT2D eigenvalue weighted by Crippen LogP contribution is -2.44. The molecule has 0 bridgehead atoms. The molecule has 0 aliphatic carbocycles. The Balaban J connectivity index is 1.34. The van der Waals surface area contributed by atoms with Gasteiger partial charge in [0.1, 0.15) is 5.82 Å². The van der Waals surface area contributed by atoms with Gasteiger partial charge in [0.2, 0.25) is 0 Å². The number of aliphatic imine (C=N–C) groups is 1. The first-order chi connectivity index (χ1) is 14.2. The number of para-hydroxylation sites is 1. The third-order valence-electron chi connectivity index (χ3n) is 5.15. The SMILES string of the molecule is CCNC(=NCCc1cc2ccccc2[nH]1)NC1CCN(c2ncccc2Cl)C1. The first-order valence-electron chi connectivity index (χ1n) is 10.2. The van der Waals surface area contributed by atoms with Crippen molar-refractivity contribution >= 4 is 34.3 Å². The molecule has 1 atom stereocenters. The highest BCUT2D eigenvalue weighted by Gasteiger charge is 2.25. The number of hydrogen-bond donors (Lipinski definition) is 3. The van der Waals surface area contributed by atoms with Gasteiger partial charge in [0.15, 0.2) is 5.96 Å². The third kappa shape index (κ3) is 4.82. The molecule has 1 unspecified atom stereocenters. The monoisotopic (exact) mass is 410 g/mol. The molecule has 2 aromatic heterocycles. The summed E-state index contributed by atoms with van der Waals surface area (Å²) in [6.45, 7) is 5.45. The summed E-state index contributed by atoms with van der Waals surface area (Å²) in [5.74, 6) is 1.72. The molecule has 0 spiro atoms. The number of halogens is 1. The third-order valence-corrected chi connectivity index (χ3v) is 5.44. The van der Waals surface area contributed by atoms with E-state index in [1.165, 1.54) is 16.6 Å². The Kier molecular flexibility index (Phi) is 6.20. The minimum atomic E-state index is 0.318. The van der Waals surface area contributed by atoms with Crippen LogP contribution in [-0.4, -0.2) is 48.1 Å². The van der Waals surface area contributed by atoms with Crippen LogP contribution in [0.1, 0.15) is 19.0 Å². The molecular formula is C22H27ClN6. The molecule has 3 aromatic rings. The molecule has 6 nitrogen and oxygen atoms in total. The van der Waals surface area contributed by atoms with Crippen molar-refractivity contribution in [1.82, 2.24) is 20.6 Å². The van der Waals surface area contributed by atoms with Crippen molar-refractivity contribution in [2.24, 2.45) is 4.99 Å². The lowest BCUT2D eigenvalue weighted by Gasteiger charge is -2.20. The molecule has 1 aromatic carbocycles. The van der Waals surface area contributed by atoms with Gasteiger partial charge in [-0.05, 0) is 43.0 Å². The van der Waals surface area contributed by atoms with E-state index in [1.54, 1.807) is 6.20 Å². The summed E-state index contributed by atoms with van der Waals surface area (Å²) in [7, 11) is 0. The highest BCUT2D eigenvalue weighted by Crippen LogP contribution is 2.25. The van der Waals surface area contributed by atoms with Crippen LogP contribution in [0.25, 0.3) is 10.9 Å². The molecule has 0 amide bonds. The number of rotatable bonds is 6. The van der Waals surface area contributed by atoms with Gasteiger partial charge in [-0.15, -0.1) is 0 Å². The molecule has 29 heavy (non-hydrogen) atoms. The molecule has 1 fully saturated rings. The second-order valence-corrected chi connectivity index (χ2v) is 7.68. The number of H-pyrrole nitrogens is 1. The van der Waals surface area contributed by atoms with Gasteiger partial charge in [-0.1, -0.05) is 29.8 Å². The van der Waals surface area contributed by atoms with E-state index < -0.39 is 0 Å². The van der Waals surface area contributed by atoms with E-state index in [-0.39, 0.29) is 0 Å². The Morgan fingerprint density at radius 2 is 2.21 bits per heavy atom. The van der Waals surface area contributed by atoms with E-state index in [9.17, 15) is 0 Å². The fourth-order valence-corrected chi connectivity index (χ4v) is 3.99. The number of guanidine groups is 1. The summed E-state index contributed by atoms with van der Waals surface area (Å²) in [5.41, 5.74) is 2.39. The second-order valence-electron chi connectivity index (χ2n) is 7.28. The van der Waals surface area contributed by atoms with Crippen molar-refractivity contribution in [2.45, 2.75) is 25.8 Å². The van der Waals surface area contributed by atoms with Crippen LogP contribution in [0.3, 0.4) is 0 Å². The first kappa shape index (κ1) is 19.6. The van der Waals surface area contributed by atoms with Gasteiger partial charge in [0, 0.05) is 56.0 Å². The number of hydrogen-bond acceptors (Lipinski definition) is 3. The molecule has 152 valence electrons. The zero-order valence-corrected chi connectivity index (χ0v) is 17.4. The molecule has 7 heteroatoms. The standard InChI is InChI=1S/C22H27ClN6/c1-2-24-22(26-12-9-17-14-16-6-3-4-8-20(16)27-17)28-18-10-13-29(15-18)21-19(23)7-5-11-25-21/h3-8,11,14,18,27H,2,9-10,12-13,15H2,1H3,(H2,24,26,28). The number of aromatic nitrogens is 2. The topological polar surface area (TPSA) is 68.3 Å². The second kappa shape index (κ2) is 9.18. The molecule has 1 aliphatic rings. The molecule has 0 radical (unpaired) electrons. The Morgan fingerprint density at radius 3 is 3.03 bits per heavy atom. The lowest BCUT2D eigenvalue weighted by atomic mass is 10.2. The first-order valence-corrected chi connectivity index (χ1v) is 10.6. The predicted octanol–water partition coefficient (Wildman–Crippen LogP) is 3.59. The van der Waals surface area contributed by atoms with Crippen LogP contribution in [0, 0.1) is 0 Å². The maximum Gasteiger partial charge on any atom is 0.191 e. The number of anilines is 1. The van der Waals surface area contributed by atoms with Gasteiger partial charge in [-0.3, -0.25) is 4.99 Å². The molecular weight excluding hydrogens is 384 g/mol. The normalized spacial score (nSPS) is 17.1. The largest absolute Gasteiger partial charge is 0.358 e. The van der Waals surface area contributed by atoms with Crippen molar-refractivity contribution in [1.29, 1.82) is 0 Å². The number of nitrogens with one attached hydrogen (secondary N) is 3. The average Bonchev–Trinajstić information content (AvgIpc) is 3.35. The Hall–Kier alpha value is -2.73. The van der Waals surface area contributed by atoms with Gasteiger partial charge in [-0.25, -0.2) is 4.98 Å². The van der Waals surface area contributed by atoms with Crippen LogP contribution in [-0.2, 0) is 6.42 Å². The van der Waals surface area contributed by atoms with Crippen LogP contribution >= 0.6 is 11.6 Å². The van der Waals surface area contributed by atoms with Crippen molar-refractivity contribution in [3.8, 4) is 0 Å². The Labute approximate surface area is 176 Å². The maximum absolute atomic E-state index is 6.30. The summed E-state index contributed by atoms with van der Waals surface area (Å²) in [6, 6.07) is 14.6.